The van der Waals surface area contributed by atoms with Crippen molar-refractivity contribution in [3.8, 4) is 0 Å². The molecule has 5 nitrogen and oxygen atoms in total. The summed E-state index contributed by atoms with van der Waals surface area (Å²) in [6.45, 7) is 2.15. The largest absolute Gasteiger partial charge is 0.472 e. The van der Waals surface area contributed by atoms with Crippen LogP contribution in [0.4, 0.5) is 0 Å². The summed E-state index contributed by atoms with van der Waals surface area (Å²) in [6, 6.07) is 1.71. The number of ether oxygens (including phenoxy) is 2. The third kappa shape index (κ3) is 2.40. The van der Waals surface area contributed by atoms with Crippen LogP contribution in [0.5, 0.6) is 0 Å². The Morgan fingerprint density at radius 1 is 1.47 bits per heavy atom. The van der Waals surface area contributed by atoms with Crippen molar-refractivity contribution < 1.29 is 18.7 Å². The Labute approximate surface area is 112 Å². The minimum Gasteiger partial charge on any atom is -0.472 e. The normalized spacial score (nSPS) is 25.9. The van der Waals surface area contributed by atoms with E-state index in [-0.39, 0.29) is 17.6 Å². The second-order valence-electron chi connectivity index (χ2n) is 5.36. The maximum atomic E-state index is 12.2. The Morgan fingerprint density at radius 2 is 2.26 bits per heavy atom. The molecular weight excluding hydrogens is 246 g/mol. The van der Waals surface area contributed by atoms with E-state index in [9.17, 15) is 4.79 Å². The first-order valence-electron chi connectivity index (χ1n) is 6.71. The van der Waals surface area contributed by atoms with Crippen molar-refractivity contribution in [2.45, 2.75) is 31.0 Å². The summed E-state index contributed by atoms with van der Waals surface area (Å²) in [5.74, 6) is 0.0462. The van der Waals surface area contributed by atoms with E-state index >= 15 is 0 Å². The van der Waals surface area contributed by atoms with Crippen molar-refractivity contribution in [2.75, 3.05) is 26.8 Å². The lowest BCUT2D eigenvalue weighted by atomic mass is 9.88. The smallest absolute Gasteiger partial charge is 0.257 e. The number of carbonyl (C=O) groups is 1. The van der Waals surface area contributed by atoms with Crippen LogP contribution < -0.4 is 0 Å². The molecule has 0 bridgehead atoms. The Hall–Kier alpha value is -1.33. The molecule has 2 aliphatic rings. The predicted molar refractivity (Wildman–Crippen MR) is 67.9 cm³/mol. The van der Waals surface area contributed by atoms with Gasteiger partial charge in [0, 0.05) is 26.6 Å². The van der Waals surface area contributed by atoms with E-state index in [1.807, 2.05) is 4.90 Å². The topological polar surface area (TPSA) is 51.9 Å². The standard InChI is InChI=1S/C14H19NO4/c1-17-12-8-14(19-10-12)3-5-15(6-4-14)13(16)11-2-7-18-9-11/h2,7,9,12H,3-6,8,10H2,1H3/t12-/m1/s1. The second-order valence-corrected chi connectivity index (χ2v) is 5.36. The molecule has 1 atom stereocenters. The van der Waals surface area contributed by atoms with Gasteiger partial charge in [-0.1, -0.05) is 0 Å². The average molecular weight is 265 g/mol. The molecule has 1 spiro atoms. The molecule has 0 aromatic carbocycles. The van der Waals surface area contributed by atoms with Crippen molar-refractivity contribution in [1.29, 1.82) is 0 Å². The summed E-state index contributed by atoms with van der Waals surface area (Å²) in [5, 5.41) is 0. The first-order valence-corrected chi connectivity index (χ1v) is 6.71. The van der Waals surface area contributed by atoms with Crippen LogP contribution in [0, 0.1) is 0 Å². The van der Waals surface area contributed by atoms with Crippen LogP contribution in [-0.4, -0.2) is 49.3 Å². The Morgan fingerprint density at radius 3 is 2.84 bits per heavy atom. The van der Waals surface area contributed by atoms with Crippen molar-refractivity contribution in [3.63, 3.8) is 0 Å². The van der Waals surface area contributed by atoms with Crippen molar-refractivity contribution in [2.24, 2.45) is 0 Å². The Balaban J connectivity index is 1.59. The number of hydrogen-bond donors (Lipinski definition) is 0. The molecule has 3 heterocycles. The highest BCUT2D eigenvalue weighted by Gasteiger charge is 2.43. The molecule has 0 unspecified atom stereocenters. The zero-order valence-corrected chi connectivity index (χ0v) is 11.1. The van der Waals surface area contributed by atoms with Crippen LogP contribution in [0.15, 0.2) is 23.0 Å². The van der Waals surface area contributed by atoms with Crippen LogP contribution >= 0.6 is 0 Å². The van der Waals surface area contributed by atoms with Gasteiger partial charge >= 0.3 is 0 Å². The molecule has 0 N–H and O–H groups in total. The fraction of sp³-hybridized carbons (Fsp3) is 0.643. The van der Waals surface area contributed by atoms with Gasteiger partial charge in [-0.15, -0.1) is 0 Å². The van der Waals surface area contributed by atoms with E-state index in [0.29, 0.717) is 12.2 Å². The monoisotopic (exact) mass is 265 g/mol. The van der Waals surface area contributed by atoms with Crippen LogP contribution in [-0.2, 0) is 9.47 Å². The summed E-state index contributed by atoms with van der Waals surface area (Å²) in [5.41, 5.74) is 0.548. The number of furan rings is 1. The van der Waals surface area contributed by atoms with Gasteiger partial charge in [-0.05, 0) is 18.9 Å². The van der Waals surface area contributed by atoms with E-state index in [1.54, 1.807) is 13.2 Å². The average Bonchev–Trinajstić information content (AvgIpc) is 3.09. The number of piperidine rings is 1. The third-order valence-electron chi connectivity index (χ3n) is 4.24. The van der Waals surface area contributed by atoms with Gasteiger partial charge in [-0.25, -0.2) is 0 Å². The fourth-order valence-corrected chi connectivity index (χ4v) is 2.99. The van der Waals surface area contributed by atoms with E-state index in [0.717, 1.165) is 32.4 Å². The molecule has 2 fully saturated rings. The minimum atomic E-state index is -0.0755. The van der Waals surface area contributed by atoms with E-state index < -0.39 is 0 Å². The summed E-state index contributed by atoms with van der Waals surface area (Å²) in [4.78, 5) is 14.1. The fourth-order valence-electron chi connectivity index (χ4n) is 2.99. The van der Waals surface area contributed by atoms with E-state index in [2.05, 4.69) is 0 Å². The number of hydrogen-bond acceptors (Lipinski definition) is 4. The molecule has 19 heavy (non-hydrogen) atoms. The molecule has 2 aliphatic heterocycles. The van der Waals surface area contributed by atoms with Crippen molar-refractivity contribution in [1.82, 2.24) is 4.90 Å². The lowest BCUT2D eigenvalue weighted by Crippen LogP contribution is -2.46. The molecule has 0 aliphatic carbocycles. The lowest BCUT2D eigenvalue weighted by Gasteiger charge is -2.38. The molecule has 104 valence electrons. The third-order valence-corrected chi connectivity index (χ3v) is 4.24. The zero-order valence-electron chi connectivity index (χ0n) is 11.1. The number of methoxy groups -OCH3 is 1. The number of rotatable bonds is 2. The highest BCUT2D eigenvalue weighted by molar-refractivity contribution is 5.93. The summed E-state index contributed by atoms with van der Waals surface area (Å²) in [6.07, 6.45) is 5.95. The number of nitrogens with zero attached hydrogens (tertiary/aromatic N) is 1. The van der Waals surface area contributed by atoms with Gasteiger partial charge in [0.25, 0.3) is 5.91 Å². The lowest BCUT2D eigenvalue weighted by molar-refractivity contribution is -0.0402. The number of carbonyl (C=O) groups excluding carboxylic acids is 1. The first-order chi connectivity index (χ1) is 9.22. The molecule has 5 heteroatoms. The Kier molecular flexibility index (Phi) is 3.33. The van der Waals surface area contributed by atoms with Crippen LogP contribution in [0.2, 0.25) is 0 Å². The summed E-state index contributed by atoms with van der Waals surface area (Å²) < 4.78 is 16.2. The predicted octanol–water partition coefficient (Wildman–Crippen LogP) is 1.69. The molecule has 3 rings (SSSR count). The van der Waals surface area contributed by atoms with E-state index in [1.165, 1.54) is 12.5 Å². The van der Waals surface area contributed by atoms with Crippen molar-refractivity contribution >= 4 is 5.91 Å². The first kappa shape index (κ1) is 12.7. The zero-order chi connectivity index (χ0) is 13.3. The second kappa shape index (κ2) is 4.98. The van der Waals surface area contributed by atoms with Gasteiger partial charge < -0.3 is 18.8 Å². The van der Waals surface area contributed by atoms with Crippen LogP contribution in [0.1, 0.15) is 29.6 Å². The van der Waals surface area contributed by atoms with Crippen molar-refractivity contribution in [3.05, 3.63) is 24.2 Å². The minimum absolute atomic E-state index is 0.0462. The summed E-state index contributed by atoms with van der Waals surface area (Å²) >= 11 is 0. The maximum absolute atomic E-state index is 12.2. The number of likely N-dealkylation sites (tertiary alicyclic amines) is 1. The van der Waals surface area contributed by atoms with Gasteiger partial charge in [0.1, 0.15) is 6.26 Å². The van der Waals surface area contributed by atoms with Crippen LogP contribution in [0.25, 0.3) is 0 Å². The SMILES string of the molecule is CO[C@H]1COC2(CCN(C(=O)c3ccoc3)CC2)C1. The quantitative estimate of drug-likeness (QED) is 0.816. The molecular formula is C14H19NO4. The molecule has 1 aromatic rings. The number of amides is 1. The highest BCUT2D eigenvalue weighted by atomic mass is 16.6. The van der Waals surface area contributed by atoms with Gasteiger partial charge in [0.2, 0.25) is 0 Å². The molecule has 1 amide bonds. The van der Waals surface area contributed by atoms with Gasteiger partial charge in [-0.2, -0.15) is 0 Å². The maximum Gasteiger partial charge on any atom is 0.257 e. The van der Waals surface area contributed by atoms with Gasteiger partial charge in [-0.3, -0.25) is 4.79 Å². The molecule has 0 radical (unpaired) electrons. The molecule has 0 saturated carbocycles. The van der Waals surface area contributed by atoms with Crippen LogP contribution in [0.3, 0.4) is 0 Å². The Bertz CT molecular complexity index is 434. The van der Waals surface area contributed by atoms with E-state index in [4.69, 9.17) is 13.9 Å². The highest BCUT2D eigenvalue weighted by Crippen LogP contribution is 2.37. The van der Waals surface area contributed by atoms with Gasteiger partial charge in [0.05, 0.1) is 30.1 Å². The summed E-state index contributed by atoms with van der Waals surface area (Å²) in [7, 11) is 1.73. The van der Waals surface area contributed by atoms with Gasteiger partial charge in [0.15, 0.2) is 0 Å². The molecule has 1 aromatic heterocycles. The molecule has 2 saturated heterocycles.